The molecule has 0 spiro atoms. The van der Waals surface area contributed by atoms with Crippen LogP contribution in [0.3, 0.4) is 0 Å². The van der Waals surface area contributed by atoms with Crippen LogP contribution in [0.2, 0.25) is 0 Å². The van der Waals surface area contributed by atoms with Gasteiger partial charge in [0, 0.05) is 0 Å². The Labute approximate surface area is 150 Å². The molecule has 0 bridgehead atoms. The summed E-state index contributed by atoms with van der Waals surface area (Å²) < 4.78 is 10.9. The summed E-state index contributed by atoms with van der Waals surface area (Å²) in [6, 6.07) is 14.1. The minimum atomic E-state index is -1.47. The Morgan fingerprint density at radius 2 is 1.38 bits per heavy atom. The van der Waals surface area contributed by atoms with Gasteiger partial charge in [-0.1, -0.05) is 24.3 Å². The number of phenolic OH excluding ortho intramolecular Hbond substituents is 1. The van der Waals surface area contributed by atoms with E-state index in [0.717, 1.165) is 11.1 Å². The lowest BCUT2D eigenvalue weighted by Gasteiger charge is -2.39. The molecule has 26 heavy (non-hydrogen) atoms. The van der Waals surface area contributed by atoms with Crippen LogP contribution in [0.5, 0.6) is 11.5 Å². The zero-order valence-corrected chi connectivity index (χ0v) is 14.0. The third kappa shape index (κ3) is 4.14. The number of hydrogen-bond donors (Lipinski definition) is 5. The van der Waals surface area contributed by atoms with E-state index < -0.39 is 37.3 Å². The van der Waals surface area contributed by atoms with E-state index in [1.807, 2.05) is 24.3 Å². The maximum atomic E-state index is 9.99. The molecule has 0 amide bonds. The van der Waals surface area contributed by atoms with E-state index in [-0.39, 0.29) is 5.75 Å². The van der Waals surface area contributed by atoms with Crippen LogP contribution in [0.1, 0.15) is 11.1 Å². The standard InChI is InChI=1S/C19H22O7/c20-10-15-16(22)17(23)18(24)19(26-15)25-14-7-3-12(4-8-14)9-11-1-5-13(21)6-2-11/h1-8,15-24H,9-10H2. The van der Waals surface area contributed by atoms with E-state index in [0.29, 0.717) is 12.2 Å². The predicted molar refractivity (Wildman–Crippen MR) is 91.8 cm³/mol. The fourth-order valence-electron chi connectivity index (χ4n) is 2.83. The molecule has 3 rings (SSSR count). The van der Waals surface area contributed by atoms with Crippen molar-refractivity contribution in [3.05, 3.63) is 59.7 Å². The van der Waals surface area contributed by atoms with E-state index in [4.69, 9.17) is 9.47 Å². The molecule has 5 unspecified atom stereocenters. The Bertz CT molecular complexity index is 699. The first-order valence-electron chi connectivity index (χ1n) is 8.32. The van der Waals surface area contributed by atoms with Gasteiger partial charge in [0.1, 0.15) is 35.9 Å². The van der Waals surface area contributed by atoms with Gasteiger partial charge in [0.2, 0.25) is 6.29 Å². The molecule has 7 nitrogen and oxygen atoms in total. The maximum absolute atomic E-state index is 9.99. The van der Waals surface area contributed by atoms with Crippen molar-refractivity contribution in [2.75, 3.05) is 6.61 Å². The Morgan fingerprint density at radius 3 is 1.96 bits per heavy atom. The van der Waals surface area contributed by atoms with Gasteiger partial charge in [0.05, 0.1) is 6.61 Å². The van der Waals surface area contributed by atoms with E-state index in [9.17, 15) is 25.5 Å². The zero-order chi connectivity index (χ0) is 18.7. The highest BCUT2D eigenvalue weighted by Gasteiger charge is 2.44. The van der Waals surface area contributed by atoms with Gasteiger partial charge in [-0.15, -0.1) is 0 Å². The zero-order valence-electron chi connectivity index (χ0n) is 14.0. The molecule has 5 atom stereocenters. The fraction of sp³-hybridized carbons (Fsp3) is 0.368. The number of phenols is 1. The number of aliphatic hydroxyl groups is 4. The molecular formula is C19H22O7. The number of ether oxygens (including phenoxy) is 2. The average Bonchev–Trinajstić information content (AvgIpc) is 2.65. The topological polar surface area (TPSA) is 120 Å². The molecule has 0 aromatic heterocycles. The van der Waals surface area contributed by atoms with Crippen molar-refractivity contribution in [2.45, 2.75) is 37.1 Å². The summed E-state index contributed by atoms with van der Waals surface area (Å²) >= 11 is 0. The molecule has 1 aliphatic rings. The molecule has 1 aliphatic heterocycles. The maximum Gasteiger partial charge on any atom is 0.229 e. The SMILES string of the molecule is OCC1OC(Oc2ccc(Cc3ccc(O)cc3)cc2)C(O)C(O)C1O. The van der Waals surface area contributed by atoms with Crippen molar-refractivity contribution < 1.29 is 35.0 Å². The minimum Gasteiger partial charge on any atom is -0.508 e. The Morgan fingerprint density at radius 1 is 0.808 bits per heavy atom. The monoisotopic (exact) mass is 362 g/mol. The van der Waals surface area contributed by atoms with Crippen molar-refractivity contribution >= 4 is 0 Å². The summed E-state index contributed by atoms with van der Waals surface area (Å²) in [5.41, 5.74) is 2.07. The molecule has 2 aromatic carbocycles. The number of hydrogen-bond acceptors (Lipinski definition) is 7. The minimum absolute atomic E-state index is 0.219. The Balaban J connectivity index is 1.64. The fourth-order valence-corrected chi connectivity index (χ4v) is 2.83. The molecule has 7 heteroatoms. The van der Waals surface area contributed by atoms with Crippen LogP contribution < -0.4 is 4.74 Å². The lowest BCUT2D eigenvalue weighted by atomic mass is 9.99. The van der Waals surface area contributed by atoms with Gasteiger partial charge in [-0.2, -0.15) is 0 Å². The van der Waals surface area contributed by atoms with Gasteiger partial charge < -0.3 is 35.0 Å². The second-order valence-electron chi connectivity index (χ2n) is 6.30. The van der Waals surface area contributed by atoms with Gasteiger partial charge in [0.15, 0.2) is 0 Å². The average molecular weight is 362 g/mol. The molecule has 0 aliphatic carbocycles. The Hall–Kier alpha value is -2.16. The van der Waals surface area contributed by atoms with E-state index in [1.54, 1.807) is 24.3 Å². The van der Waals surface area contributed by atoms with Gasteiger partial charge in [-0.3, -0.25) is 0 Å². The summed E-state index contributed by atoms with van der Waals surface area (Å²) in [4.78, 5) is 0. The number of benzene rings is 2. The molecule has 0 radical (unpaired) electrons. The summed E-state index contributed by atoms with van der Waals surface area (Å²) in [5, 5.41) is 48.1. The molecule has 1 saturated heterocycles. The van der Waals surface area contributed by atoms with Gasteiger partial charge >= 0.3 is 0 Å². The van der Waals surface area contributed by atoms with Crippen LogP contribution in [0, 0.1) is 0 Å². The van der Waals surface area contributed by atoms with Crippen molar-refractivity contribution in [1.82, 2.24) is 0 Å². The predicted octanol–water partition coefficient (Wildman–Crippen LogP) is 0.162. The molecule has 2 aromatic rings. The van der Waals surface area contributed by atoms with E-state index in [1.165, 1.54) is 0 Å². The van der Waals surface area contributed by atoms with Crippen LogP contribution in [-0.4, -0.2) is 62.8 Å². The summed E-state index contributed by atoms with van der Waals surface area (Å²) in [7, 11) is 0. The summed E-state index contributed by atoms with van der Waals surface area (Å²) in [6.07, 6.45) is -5.85. The lowest BCUT2D eigenvalue weighted by molar-refractivity contribution is -0.277. The highest BCUT2D eigenvalue weighted by atomic mass is 16.7. The molecule has 140 valence electrons. The Kier molecular flexibility index (Phi) is 5.75. The van der Waals surface area contributed by atoms with Crippen molar-refractivity contribution in [3.8, 4) is 11.5 Å². The number of aliphatic hydroxyl groups excluding tert-OH is 4. The number of aromatic hydroxyl groups is 1. The highest BCUT2D eigenvalue weighted by Crippen LogP contribution is 2.25. The third-order valence-electron chi connectivity index (χ3n) is 4.37. The first kappa shape index (κ1) is 18.6. The largest absolute Gasteiger partial charge is 0.508 e. The van der Waals surface area contributed by atoms with Gasteiger partial charge in [0.25, 0.3) is 0 Å². The first-order chi connectivity index (χ1) is 12.5. The van der Waals surface area contributed by atoms with Crippen LogP contribution in [0.15, 0.2) is 48.5 Å². The van der Waals surface area contributed by atoms with Crippen LogP contribution in [0.25, 0.3) is 0 Å². The first-order valence-corrected chi connectivity index (χ1v) is 8.32. The van der Waals surface area contributed by atoms with Crippen molar-refractivity contribution in [1.29, 1.82) is 0 Å². The normalized spacial score (nSPS) is 28.7. The lowest BCUT2D eigenvalue weighted by Crippen LogP contribution is -2.60. The van der Waals surface area contributed by atoms with Crippen molar-refractivity contribution in [3.63, 3.8) is 0 Å². The van der Waals surface area contributed by atoms with Crippen LogP contribution in [0.4, 0.5) is 0 Å². The molecule has 5 N–H and O–H groups in total. The smallest absolute Gasteiger partial charge is 0.229 e. The summed E-state index contributed by atoms with van der Waals surface area (Å²) in [5.74, 6) is 0.640. The second-order valence-corrected chi connectivity index (χ2v) is 6.30. The van der Waals surface area contributed by atoms with Crippen LogP contribution in [-0.2, 0) is 11.2 Å². The quantitative estimate of drug-likeness (QED) is 0.514. The van der Waals surface area contributed by atoms with E-state index >= 15 is 0 Å². The molecule has 1 heterocycles. The molecular weight excluding hydrogens is 340 g/mol. The third-order valence-corrected chi connectivity index (χ3v) is 4.37. The summed E-state index contributed by atoms with van der Waals surface area (Å²) in [6.45, 7) is -0.504. The van der Waals surface area contributed by atoms with Gasteiger partial charge in [-0.05, 0) is 41.8 Å². The number of rotatable bonds is 5. The molecule has 0 saturated carbocycles. The van der Waals surface area contributed by atoms with Crippen LogP contribution >= 0.6 is 0 Å². The second kappa shape index (κ2) is 8.03. The van der Waals surface area contributed by atoms with E-state index in [2.05, 4.69) is 0 Å². The molecule has 1 fully saturated rings. The van der Waals surface area contributed by atoms with Crippen molar-refractivity contribution in [2.24, 2.45) is 0 Å². The highest BCUT2D eigenvalue weighted by molar-refractivity contribution is 5.33. The van der Waals surface area contributed by atoms with Gasteiger partial charge in [-0.25, -0.2) is 0 Å².